The Bertz CT molecular complexity index is 589. The summed E-state index contributed by atoms with van der Waals surface area (Å²) in [7, 11) is -3.17. The third kappa shape index (κ3) is 3.42. The number of thioether (sulfide) groups is 1. The van der Waals surface area contributed by atoms with Crippen molar-refractivity contribution in [2.75, 3.05) is 29.2 Å². The summed E-state index contributed by atoms with van der Waals surface area (Å²) in [4.78, 5) is 1.85. The van der Waals surface area contributed by atoms with Crippen LogP contribution in [0, 0.1) is 0 Å². The van der Waals surface area contributed by atoms with Crippen LogP contribution in [0.3, 0.4) is 0 Å². The van der Waals surface area contributed by atoms with E-state index in [0.717, 1.165) is 11.3 Å². The minimum atomic E-state index is -3.17. The molecule has 112 valence electrons. The number of hydrogen-bond donors (Lipinski definition) is 1. The van der Waals surface area contributed by atoms with Crippen molar-refractivity contribution in [2.24, 2.45) is 0 Å². The molecule has 1 fully saturated rings. The molecule has 2 rings (SSSR count). The molecule has 4 nitrogen and oxygen atoms in total. The van der Waals surface area contributed by atoms with Crippen LogP contribution < -0.4 is 4.90 Å². The average Bonchev–Trinajstić information content (AvgIpc) is 2.37. The molecule has 0 amide bonds. The molecule has 20 heavy (non-hydrogen) atoms. The van der Waals surface area contributed by atoms with Crippen LogP contribution in [-0.2, 0) is 9.84 Å². The van der Waals surface area contributed by atoms with Crippen LogP contribution in [0.1, 0.15) is 18.6 Å². The van der Waals surface area contributed by atoms with Crippen molar-refractivity contribution in [2.45, 2.75) is 18.4 Å². The Morgan fingerprint density at radius 1 is 1.50 bits per heavy atom. The van der Waals surface area contributed by atoms with Crippen LogP contribution in [0.25, 0.3) is 0 Å². The van der Waals surface area contributed by atoms with E-state index in [-0.39, 0.29) is 0 Å². The minimum Gasteiger partial charge on any atom is -0.389 e. The minimum absolute atomic E-state index is 0.476. The van der Waals surface area contributed by atoms with E-state index in [2.05, 4.69) is 0 Å². The van der Waals surface area contributed by atoms with Gasteiger partial charge in [0, 0.05) is 24.3 Å². The number of aliphatic hydroxyl groups excluding tert-OH is 1. The number of anilines is 1. The van der Waals surface area contributed by atoms with Gasteiger partial charge in [0.25, 0.3) is 0 Å². The Kier molecular flexibility index (Phi) is 4.89. The van der Waals surface area contributed by atoms with Crippen molar-refractivity contribution < 1.29 is 13.5 Å². The maximum absolute atomic E-state index is 11.9. The van der Waals surface area contributed by atoms with Crippen LogP contribution in [0.15, 0.2) is 18.2 Å². The Morgan fingerprint density at radius 2 is 2.20 bits per heavy atom. The summed E-state index contributed by atoms with van der Waals surface area (Å²) < 4.78 is 23.8. The van der Waals surface area contributed by atoms with E-state index in [1.165, 1.54) is 6.26 Å². The van der Waals surface area contributed by atoms with Gasteiger partial charge in [-0.15, -0.1) is 0 Å². The van der Waals surface area contributed by atoms with E-state index in [0.29, 0.717) is 23.0 Å². The Hall–Kier alpha value is -0.430. The van der Waals surface area contributed by atoms with Gasteiger partial charge >= 0.3 is 0 Å². The molecule has 1 aromatic carbocycles. The van der Waals surface area contributed by atoms with Gasteiger partial charge in [-0.3, -0.25) is 0 Å². The third-order valence-corrected chi connectivity index (χ3v) is 6.29. The first-order valence-electron chi connectivity index (χ1n) is 6.31. The Labute approximate surface area is 129 Å². The number of halogens is 1. The topological polar surface area (TPSA) is 57.6 Å². The first-order chi connectivity index (χ1) is 9.30. The van der Waals surface area contributed by atoms with Gasteiger partial charge in [-0.25, -0.2) is 8.42 Å². The summed E-state index contributed by atoms with van der Waals surface area (Å²) in [6.07, 6.45) is 0.665. The maximum Gasteiger partial charge on any atom is 0.169 e. The molecule has 0 aromatic heterocycles. The summed E-state index contributed by atoms with van der Waals surface area (Å²) in [6.45, 7) is 2.32. The summed E-state index contributed by atoms with van der Waals surface area (Å²) >= 11 is 7.91. The van der Waals surface area contributed by atoms with Gasteiger partial charge in [0.2, 0.25) is 0 Å². The quantitative estimate of drug-likeness (QED) is 0.918. The number of benzene rings is 1. The lowest BCUT2D eigenvalue weighted by Gasteiger charge is -2.36. The molecule has 0 bridgehead atoms. The monoisotopic (exact) mass is 335 g/mol. The van der Waals surface area contributed by atoms with E-state index in [4.69, 9.17) is 11.6 Å². The largest absolute Gasteiger partial charge is 0.389 e. The molecule has 0 spiro atoms. The van der Waals surface area contributed by atoms with Crippen molar-refractivity contribution in [1.82, 2.24) is 0 Å². The van der Waals surface area contributed by atoms with Crippen molar-refractivity contribution in [3.63, 3.8) is 0 Å². The second-order valence-corrected chi connectivity index (χ2v) is 8.70. The van der Waals surface area contributed by atoms with Crippen molar-refractivity contribution in [1.29, 1.82) is 0 Å². The highest BCUT2D eigenvalue weighted by Crippen LogP contribution is 2.33. The highest BCUT2D eigenvalue weighted by atomic mass is 35.5. The summed E-state index contributed by atoms with van der Waals surface area (Å²) in [5.41, 5.74) is 1.44. The van der Waals surface area contributed by atoms with Crippen LogP contribution in [0.4, 0.5) is 5.69 Å². The van der Waals surface area contributed by atoms with Crippen LogP contribution in [-0.4, -0.2) is 43.2 Å². The predicted molar refractivity (Wildman–Crippen MR) is 85.4 cm³/mol. The number of nitrogens with zero attached hydrogens (tertiary/aromatic N) is 1. The second-order valence-electron chi connectivity index (χ2n) is 4.94. The second kappa shape index (κ2) is 6.13. The first kappa shape index (κ1) is 15.9. The third-order valence-electron chi connectivity index (χ3n) is 3.34. The molecule has 1 aliphatic heterocycles. The number of rotatable bonds is 3. The fourth-order valence-corrected chi connectivity index (χ4v) is 5.36. The lowest BCUT2D eigenvalue weighted by molar-refractivity contribution is 0.199. The maximum atomic E-state index is 11.9. The number of hydrogen-bond acceptors (Lipinski definition) is 5. The number of sulfone groups is 1. The first-order valence-corrected chi connectivity index (χ1v) is 9.80. The van der Waals surface area contributed by atoms with Crippen LogP contribution in [0.2, 0.25) is 5.02 Å². The average molecular weight is 336 g/mol. The summed E-state index contributed by atoms with van der Waals surface area (Å²) in [5, 5.41) is 9.49. The zero-order valence-electron chi connectivity index (χ0n) is 11.4. The van der Waals surface area contributed by atoms with E-state index in [1.807, 2.05) is 4.90 Å². The standard InChI is InChI=1S/C13H18ClNO3S2/c1-9(16)10-3-4-12(11(14)7-10)15-5-6-19-8-13(15)20(2,17)18/h3-4,7,9,13,16H,5-6,8H2,1-2H3. The van der Waals surface area contributed by atoms with E-state index in [9.17, 15) is 13.5 Å². The molecule has 2 atom stereocenters. The molecule has 1 N–H and O–H groups in total. The SMILES string of the molecule is CC(O)c1ccc(N2CCSCC2S(C)(=O)=O)c(Cl)c1. The highest BCUT2D eigenvalue weighted by Gasteiger charge is 2.32. The highest BCUT2D eigenvalue weighted by molar-refractivity contribution is 8.01. The van der Waals surface area contributed by atoms with Gasteiger partial charge < -0.3 is 10.0 Å². The van der Waals surface area contributed by atoms with Crippen LogP contribution >= 0.6 is 23.4 Å². The molecule has 0 saturated carbocycles. The van der Waals surface area contributed by atoms with Crippen molar-refractivity contribution in [3.8, 4) is 0 Å². The van der Waals surface area contributed by atoms with Gasteiger partial charge in [-0.1, -0.05) is 17.7 Å². The van der Waals surface area contributed by atoms with E-state index >= 15 is 0 Å². The van der Waals surface area contributed by atoms with E-state index < -0.39 is 21.3 Å². The fraction of sp³-hybridized carbons (Fsp3) is 0.538. The zero-order valence-corrected chi connectivity index (χ0v) is 13.8. The fourth-order valence-electron chi connectivity index (χ4n) is 2.23. The summed E-state index contributed by atoms with van der Waals surface area (Å²) in [5.74, 6) is 1.42. The normalized spacial score (nSPS) is 21.8. The molecule has 1 heterocycles. The van der Waals surface area contributed by atoms with Gasteiger partial charge in [0.1, 0.15) is 5.37 Å². The molecular weight excluding hydrogens is 318 g/mol. The number of aliphatic hydroxyl groups is 1. The molecule has 0 radical (unpaired) electrons. The molecule has 1 aromatic rings. The lowest BCUT2D eigenvalue weighted by Crippen LogP contribution is -2.47. The molecule has 7 heteroatoms. The zero-order chi connectivity index (χ0) is 14.9. The smallest absolute Gasteiger partial charge is 0.169 e. The van der Waals surface area contributed by atoms with Crippen molar-refractivity contribution in [3.05, 3.63) is 28.8 Å². The van der Waals surface area contributed by atoms with Gasteiger partial charge in [0.15, 0.2) is 9.84 Å². The molecule has 1 saturated heterocycles. The molecule has 0 aliphatic carbocycles. The van der Waals surface area contributed by atoms with Gasteiger partial charge in [0.05, 0.1) is 16.8 Å². The lowest BCUT2D eigenvalue weighted by atomic mass is 10.1. The predicted octanol–water partition coefficient (Wildman–Crippen LogP) is 2.32. The van der Waals surface area contributed by atoms with Crippen LogP contribution in [0.5, 0.6) is 0 Å². The van der Waals surface area contributed by atoms with Crippen molar-refractivity contribution >= 4 is 38.9 Å². The molecule has 1 aliphatic rings. The van der Waals surface area contributed by atoms with Gasteiger partial charge in [-0.05, 0) is 24.6 Å². The van der Waals surface area contributed by atoms with Gasteiger partial charge in [-0.2, -0.15) is 11.8 Å². The summed E-state index contributed by atoms with van der Waals surface area (Å²) in [6, 6.07) is 5.27. The van der Waals surface area contributed by atoms with E-state index in [1.54, 1.807) is 36.9 Å². The molecule has 2 unspecified atom stereocenters. The Morgan fingerprint density at radius 3 is 2.75 bits per heavy atom. The molecular formula is C13H18ClNO3S2. The Balaban J connectivity index is 2.38.